The van der Waals surface area contributed by atoms with Gasteiger partial charge in [0.2, 0.25) is 5.91 Å². The smallest absolute Gasteiger partial charge is 0.220 e. The van der Waals surface area contributed by atoms with Crippen molar-refractivity contribution in [3.8, 4) is 0 Å². The molecule has 5 heteroatoms. The van der Waals surface area contributed by atoms with E-state index in [4.69, 9.17) is 0 Å². The minimum atomic E-state index is -1.13. The predicted octanol–water partition coefficient (Wildman–Crippen LogP) is -1.27. The molecule has 0 aliphatic rings. The van der Waals surface area contributed by atoms with Gasteiger partial charge in [-0.1, -0.05) is 6.92 Å². The Balaban J connectivity index is 4.31. The molecule has 1 N–H and O–H groups in total. The van der Waals surface area contributed by atoms with Gasteiger partial charge in [-0.05, 0) is 0 Å². The maximum atomic E-state index is 11.2. The maximum Gasteiger partial charge on any atom is 0.220 e. The summed E-state index contributed by atoms with van der Waals surface area (Å²) in [4.78, 5) is 21.7. The molecule has 0 spiro atoms. The van der Waals surface area contributed by atoms with E-state index in [1.54, 1.807) is 6.92 Å². The van der Waals surface area contributed by atoms with Crippen molar-refractivity contribution in [2.75, 3.05) is 27.7 Å². The van der Waals surface area contributed by atoms with Crippen LogP contribution in [0.15, 0.2) is 0 Å². The zero-order valence-electron chi connectivity index (χ0n) is 9.87. The Labute approximate surface area is 90.7 Å². The van der Waals surface area contributed by atoms with Crippen LogP contribution in [0.2, 0.25) is 0 Å². The molecule has 0 aliphatic carbocycles. The highest BCUT2D eigenvalue weighted by Crippen LogP contribution is 1.99. The number of nitrogens with one attached hydrogen (secondary N) is 1. The minimum absolute atomic E-state index is 0.130. The van der Waals surface area contributed by atoms with Crippen molar-refractivity contribution in [3.05, 3.63) is 0 Å². The first-order valence-electron chi connectivity index (χ1n) is 5.04. The molecule has 15 heavy (non-hydrogen) atoms. The number of hydrogen-bond acceptors (Lipinski definition) is 3. The van der Waals surface area contributed by atoms with E-state index in [0.717, 1.165) is 0 Å². The highest BCUT2D eigenvalue weighted by molar-refractivity contribution is 5.76. The molecule has 0 rings (SSSR count). The van der Waals surface area contributed by atoms with Crippen LogP contribution in [0.4, 0.5) is 0 Å². The average molecular weight is 216 g/mol. The molecule has 88 valence electrons. The second kappa shape index (κ2) is 5.70. The largest absolute Gasteiger partial charge is 0.550 e. The van der Waals surface area contributed by atoms with E-state index in [9.17, 15) is 14.7 Å². The lowest BCUT2D eigenvalue weighted by Crippen LogP contribution is -2.50. The van der Waals surface area contributed by atoms with Gasteiger partial charge in [-0.2, -0.15) is 0 Å². The third kappa shape index (κ3) is 7.93. The summed E-state index contributed by atoms with van der Waals surface area (Å²) in [7, 11) is 5.83. The van der Waals surface area contributed by atoms with Crippen molar-refractivity contribution in [1.82, 2.24) is 5.32 Å². The van der Waals surface area contributed by atoms with Crippen LogP contribution >= 0.6 is 0 Å². The molecular weight excluding hydrogens is 196 g/mol. The molecule has 0 bridgehead atoms. The lowest BCUT2D eigenvalue weighted by Gasteiger charge is -2.29. The Hall–Kier alpha value is -1.10. The van der Waals surface area contributed by atoms with Crippen molar-refractivity contribution < 1.29 is 19.2 Å². The molecule has 0 fully saturated rings. The summed E-state index contributed by atoms with van der Waals surface area (Å²) in [6.07, 6.45) is 0.224. The number of aliphatic carboxylic acids is 1. The summed E-state index contributed by atoms with van der Waals surface area (Å²) in [6, 6.07) is -0.359. The van der Waals surface area contributed by atoms with Gasteiger partial charge in [0.15, 0.2) is 0 Å². The minimum Gasteiger partial charge on any atom is -0.550 e. The first-order chi connectivity index (χ1) is 6.74. The molecule has 0 saturated carbocycles. The monoisotopic (exact) mass is 216 g/mol. The van der Waals surface area contributed by atoms with Crippen molar-refractivity contribution in [2.45, 2.75) is 25.8 Å². The fourth-order valence-corrected chi connectivity index (χ4v) is 1.35. The van der Waals surface area contributed by atoms with Crippen LogP contribution in [0, 0.1) is 0 Å². The molecule has 0 radical (unpaired) electrons. The second-order valence-corrected chi connectivity index (χ2v) is 4.67. The van der Waals surface area contributed by atoms with Gasteiger partial charge in [0.1, 0.15) is 0 Å². The zero-order valence-corrected chi connectivity index (χ0v) is 9.87. The summed E-state index contributed by atoms with van der Waals surface area (Å²) in [5.41, 5.74) is 0. The van der Waals surface area contributed by atoms with Crippen molar-refractivity contribution in [2.24, 2.45) is 0 Å². The number of carbonyl (C=O) groups is 2. The molecule has 1 amide bonds. The van der Waals surface area contributed by atoms with Gasteiger partial charge in [-0.25, -0.2) is 0 Å². The fourth-order valence-electron chi connectivity index (χ4n) is 1.35. The number of carboxylic acid groups (broad SMARTS) is 1. The quantitative estimate of drug-likeness (QED) is 0.563. The highest BCUT2D eigenvalue weighted by atomic mass is 16.4. The number of rotatable bonds is 6. The fraction of sp³-hybridized carbons (Fsp3) is 0.800. The van der Waals surface area contributed by atoms with Gasteiger partial charge in [-0.15, -0.1) is 0 Å². The molecular formula is C10H20N2O3. The molecule has 0 aliphatic heterocycles. The summed E-state index contributed by atoms with van der Waals surface area (Å²) in [5.74, 6) is -1.26. The highest BCUT2D eigenvalue weighted by Gasteiger charge is 2.19. The van der Waals surface area contributed by atoms with Gasteiger partial charge >= 0.3 is 0 Å². The van der Waals surface area contributed by atoms with E-state index in [1.165, 1.54) is 0 Å². The van der Waals surface area contributed by atoms with E-state index in [0.29, 0.717) is 17.4 Å². The van der Waals surface area contributed by atoms with Crippen molar-refractivity contribution in [1.29, 1.82) is 0 Å². The summed E-state index contributed by atoms with van der Waals surface area (Å²) >= 11 is 0. The summed E-state index contributed by atoms with van der Waals surface area (Å²) in [6.45, 7) is 2.30. The Morgan fingerprint density at radius 2 is 1.87 bits per heavy atom. The van der Waals surface area contributed by atoms with E-state index in [-0.39, 0.29) is 18.4 Å². The standard InChI is InChI=1S/C10H20N2O3/c1-5-9(13)11-8(6-10(14)15)7-12(2,3)4/h8H,5-7H2,1-4H3,(H-,11,13,14,15)/t8-/m1/s1. The molecule has 0 aromatic carbocycles. The number of nitrogens with zero attached hydrogens (tertiary/aromatic N) is 1. The van der Waals surface area contributed by atoms with Gasteiger partial charge in [-0.3, -0.25) is 4.79 Å². The average Bonchev–Trinajstić information content (AvgIpc) is 1.99. The van der Waals surface area contributed by atoms with Crippen molar-refractivity contribution in [3.63, 3.8) is 0 Å². The first-order valence-corrected chi connectivity index (χ1v) is 5.04. The van der Waals surface area contributed by atoms with Gasteiger partial charge in [0.05, 0.1) is 33.7 Å². The van der Waals surface area contributed by atoms with Crippen LogP contribution < -0.4 is 10.4 Å². The Bertz CT molecular complexity index is 233. The molecule has 1 atom stereocenters. The number of hydrogen-bond donors (Lipinski definition) is 1. The normalized spacial score (nSPS) is 13.3. The van der Waals surface area contributed by atoms with Crippen LogP contribution in [-0.2, 0) is 9.59 Å². The Morgan fingerprint density at radius 1 is 1.33 bits per heavy atom. The van der Waals surface area contributed by atoms with E-state index in [2.05, 4.69) is 5.32 Å². The number of amides is 1. The van der Waals surface area contributed by atoms with Gasteiger partial charge in [0.25, 0.3) is 0 Å². The van der Waals surface area contributed by atoms with Crippen LogP contribution in [0.1, 0.15) is 19.8 Å². The van der Waals surface area contributed by atoms with Crippen LogP contribution in [0.5, 0.6) is 0 Å². The second-order valence-electron chi connectivity index (χ2n) is 4.67. The lowest BCUT2D eigenvalue weighted by atomic mass is 10.2. The number of likely N-dealkylation sites (N-methyl/N-ethyl adjacent to an activating group) is 1. The van der Waals surface area contributed by atoms with E-state index in [1.807, 2.05) is 21.1 Å². The molecule has 0 aromatic rings. The van der Waals surface area contributed by atoms with Gasteiger partial charge < -0.3 is 19.7 Å². The molecule has 0 aromatic heterocycles. The molecule has 0 unspecified atom stereocenters. The Kier molecular flexibility index (Phi) is 5.28. The zero-order chi connectivity index (χ0) is 12.1. The lowest BCUT2D eigenvalue weighted by molar-refractivity contribution is -0.871. The molecule has 5 nitrogen and oxygen atoms in total. The molecule has 0 saturated heterocycles. The van der Waals surface area contributed by atoms with E-state index < -0.39 is 5.97 Å². The summed E-state index contributed by atoms with van der Waals surface area (Å²) < 4.78 is 0.599. The van der Waals surface area contributed by atoms with Crippen molar-refractivity contribution >= 4 is 11.9 Å². The summed E-state index contributed by atoms with van der Waals surface area (Å²) in [5, 5.41) is 13.2. The maximum absolute atomic E-state index is 11.2. The Morgan fingerprint density at radius 3 is 2.20 bits per heavy atom. The third-order valence-electron chi connectivity index (χ3n) is 1.87. The number of carbonyl (C=O) groups excluding carboxylic acids is 2. The third-order valence-corrected chi connectivity index (χ3v) is 1.87. The topological polar surface area (TPSA) is 69.2 Å². The van der Waals surface area contributed by atoms with Crippen LogP contribution in [0.3, 0.4) is 0 Å². The predicted molar refractivity (Wildman–Crippen MR) is 54.7 cm³/mol. The SMILES string of the molecule is CCC(=O)N[C@H](CC(=O)[O-])C[N+](C)(C)C. The number of carboxylic acids is 1. The first kappa shape index (κ1) is 13.9. The molecule has 0 heterocycles. The van der Waals surface area contributed by atoms with Crippen LogP contribution in [-0.4, -0.2) is 50.1 Å². The van der Waals surface area contributed by atoms with Gasteiger partial charge in [0, 0.05) is 18.8 Å². The number of quaternary nitrogens is 1. The van der Waals surface area contributed by atoms with E-state index >= 15 is 0 Å². The van der Waals surface area contributed by atoms with Crippen LogP contribution in [0.25, 0.3) is 0 Å².